The normalized spacial score (nSPS) is 12.6. The number of hydrogen-bond donors (Lipinski definition) is 0. The van der Waals surface area contributed by atoms with Gasteiger partial charge in [0.25, 0.3) is 0 Å². The van der Waals surface area contributed by atoms with Gasteiger partial charge in [-0.25, -0.2) is 27.9 Å². The summed E-state index contributed by atoms with van der Waals surface area (Å²) in [7, 11) is -2.34. The van der Waals surface area contributed by atoms with E-state index >= 15 is 0 Å². The molecule has 0 amide bonds. The molecule has 0 atom stereocenters. The van der Waals surface area contributed by atoms with Crippen LogP contribution in [0.4, 0.5) is 13.2 Å². The Morgan fingerprint density at radius 1 is 1.06 bits per heavy atom. The van der Waals surface area contributed by atoms with Gasteiger partial charge in [-0.1, -0.05) is 30.7 Å². The van der Waals surface area contributed by atoms with Crippen molar-refractivity contribution in [1.29, 1.82) is 0 Å². The second-order valence-corrected chi connectivity index (χ2v) is 10.3. The van der Waals surface area contributed by atoms with Crippen LogP contribution in [-0.2, 0) is 23.1 Å². The van der Waals surface area contributed by atoms with Crippen molar-refractivity contribution in [3.8, 4) is 22.6 Å². The van der Waals surface area contributed by atoms with Gasteiger partial charge in [0.15, 0.2) is 26.2 Å². The lowest BCUT2D eigenvalue weighted by Gasteiger charge is -2.06. The standard InChI is InChI=1S/C22H16ClF3N6O2S/c1-3-35(33,34)21-17(20-29-15-10-13(22(24,25)26)11-28-18(15)31(20)2)19-27-9-8-16(32(19)30-21)12-4-6-14(23)7-5-12/h4-11H,3H2,1-2H3. The van der Waals surface area contributed by atoms with E-state index in [-0.39, 0.29) is 39.0 Å². The van der Waals surface area contributed by atoms with Crippen molar-refractivity contribution in [3.63, 3.8) is 0 Å². The first-order valence-corrected chi connectivity index (χ1v) is 12.3. The second kappa shape index (κ2) is 8.02. The lowest BCUT2D eigenvalue weighted by atomic mass is 10.1. The van der Waals surface area contributed by atoms with Crippen molar-refractivity contribution in [2.24, 2.45) is 7.05 Å². The molecule has 0 aliphatic heterocycles. The van der Waals surface area contributed by atoms with Crippen LogP contribution in [0.1, 0.15) is 12.5 Å². The number of hydrogen-bond acceptors (Lipinski definition) is 6. The van der Waals surface area contributed by atoms with Crippen LogP contribution in [0.3, 0.4) is 0 Å². The number of alkyl halides is 3. The molecule has 0 unspecified atom stereocenters. The molecule has 0 saturated carbocycles. The monoisotopic (exact) mass is 520 g/mol. The fourth-order valence-electron chi connectivity index (χ4n) is 3.77. The molecule has 35 heavy (non-hydrogen) atoms. The SMILES string of the molecule is CCS(=O)(=O)c1nn2c(-c3ccc(Cl)cc3)ccnc2c1-c1nc2cc(C(F)(F)F)cnc2n1C. The Balaban J connectivity index is 1.84. The highest BCUT2D eigenvalue weighted by Crippen LogP contribution is 2.36. The van der Waals surface area contributed by atoms with Crippen molar-refractivity contribution in [1.82, 2.24) is 29.1 Å². The number of pyridine rings is 1. The third kappa shape index (κ3) is 3.82. The first-order chi connectivity index (χ1) is 16.5. The lowest BCUT2D eigenvalue weighted by Crippen LogP contribution is -2.07. The number of aromatic nitrogens is 6. The van der Waals surface area contributed by atoms with Gasteiger partial charge in [-0.05, 0) is 24.3 Å². The van der Waals surface area contributed by atoms with Gasteiger partial charge in [0.1, 0.15) is 16.9 Å². The Morgan fingerprint density at radius 2 is 1.77 bits per heavy atom. The fourth-order valence-corrected chi connectivity index (χ4v) is 4.87. The fraction of sp³-hybridized carbons (Fsp3) is 0.182. The molecular formula is C22H16ClF3N6O2S. The molecular weight excluding hydrogens is 505 g/mol. The summed E-state index contributed by atoms with van der Waals surface area (Å²) in [6, 6.07) is 9.42. The maximum atomic E-state index is 13.2. The molecule has 0 aliphatic carbocycles. The predicted molar refractivity (Wildman–Crippen MR) is 124 cm³/mol. The Morgan fingerprint density at radius 3 is 2.43 bits per heavy atom. The van der Waals surface area contributed by atoms with E-state index < -0.39 is 21.6 Å². The van der Waals surface area contributed by atoms with Crippen molar-refractivity contribution >= 4 is 38.2 Å². The van der Waals surface area contributed by atoms with Gasteiger partial charge in [0.2, 0.25) is 0 Å². The predicted octanol–water partition coefficient (Wildman–Crippen LogP) is 4.81. The first-order valence-electron chi connectivity index (χ1n) is 10.3. The number of fused-ring (bicyclic) bond motifs is 2. The van der Waals surface area contributed by atoms with Gasteiger partial charge in [0, 0.05) is 30.0 Å². The molecule has 5 rings (SSSR count). The lowest BCUT2D eigenvalue weighted by molar-refractivity contribution is -0.137. The van der Waals surface area contributed by atoms with Crippen LogP contribution < -0.4 is 0 Å². The summed E-state index contributed by atoms with van der Waals surface area (Å²) in [5.74, 6) is -0.171. The maximum absolute atomic E-state index is 13.2. The minimum atomic E-state index is -4.60. The van der Waals surface area contributed by atoms with E-state index in [1.165, 1.54) is 22.2 Å². The third-order valence-corrected chi connectivity index (χ3v) is 7.45. The zero-order chi connectivity index (χ0) is 25.1. The van der Waals surface area contributed by atoms with E-state index in [1.807, 2.05) is 0 Å². The van der Waals surface area contributed by atoms with Gasteiger partial charge < -0.3 is 4.57 Å². The van der Waals surface area contributed by atoms with Crippen LogP contribution in [0.25, 0.3) is 39.5 Å². The number of sulfone groups is 1. The summed E-state index contributed by atoms with van der Waals surface area (Å²) in [4.78, 5) is 12.6. The van der Waals surface area contributed by atoms with E-state index in [4.69, 9.17) is 11.6 Å². The zero-order valence-electron chi connectivity index (χ0n) is 18.2. The molecule has 13 heteroatoms. The van der Waals surface area contributed by atoms with Crippen molar-refractivity contribution in [2.75, 3.05) is 5.75 Å². The van der Waals surface area contributed by atoms with Crippen LogP contribution in [-0.4, -0.2) is 43.3 Å². The van der Waals surface area contributed by atoms with Crippen LogP contribution in [0.2, 0.25) is 5.02 Å². The van der Waals surface area contributed by atoms with Gasteiger partial charge in [0.05, 0.1) is 17.0 Å². The number of nitrogens with zero attached hydrogens (tertiary/aromatic N) is 6. The summed E-state index contributed by atoms with van der Waals surface area (Å²) in [5, 5.41) is 4.63. The zero-order valence-corrected chi connectivity index (χ0v) is 19.8. The van der Waals surface area contributed by atoms with E-state index in [2.05, 4.69) is 20.1 Å². The smallest absolute Gasteiger partial charge is 0.312 e. The van der Waals surface area contributed by atoms with Crippen LogP contribution in [0.5, 0.6) is 0 Å². The Hall–Kier alpha value is -3.51. The van der Waals surface area contributed by atoms with Gasteiger partial charge in [-0.15, -0.1) is 0 Å². The molecule has 0 aliphatic rings. The summed E-state index contributed by atoms with van der Waals surface area (Å²) < 4.78 is 68.6. The largest absolute Gasteiger partial charge is 0.417 e. The number of rotatable bonds is 4. The molecule has 0 saturated heterocycles. The molecule has 0 radical (unpaired) electrons. The third-order valence-electron chi connectivity index (χ3n) is 5.56. The first kappa shape index (κ1) is 23.2. The Bertz CT molecular complexity index is 1710. The molecule has 0 N–H and O–H groups in total. The second-order valence-electron chi connectivity index (χ2n) is 7.71. The highest BCUT2D eigenvalue weighted by molar-refractivity contribution is 7.91. The average molecular weight is 521 g/mol. The summed E-state index contributed by atoms with van der Waals surface area (Å²) >= 11 is 6.00. The summed E-state index contributed by atoms with van der Waals surface area (Å²) in [6.45, 7) is 1.47. The molecule has 0 fully saturated rings. The molecule has 0 bridgehead atoms. The number of benzene rings is 1. The molecule has 180 valence electrons. The van der Waals surface area contributed by atoms with Crippen molar-refractivity contribution < 1.29 is 21.6 Å². The van der Waals surface area contributed by atoms with Crippen LogP contribution >= 0.6 is 11.6 Å². The van der Waals surface area contributed by atoms with E-state index in [0.717, 1.165) is 6.07 Å². The number of halogens is 4. The molecule has 0 spiro atoms. The molecule has 4 aromatic heterocycles. The van der Waals surface area contributed by atoms with Gasteiger partial charge in [-0.3, -0.25) is 0 Å². The maximum Gasteiger partial charge on any atom is 0.417 e. The Kier molecular flexibility index (Phi) is 5.33. The van der Waals surface area contributed by atoms with Gasteiger partial charge in [-0.2, -0.15) is 18.3 Å². The topological polar surface area (TPSA) is 95.0 Å². The highest BCUT2D eigenvalue weighted by atomic mass is 35.5. The van der Waals surface area contributed by atoms with Crippen molar-refractivity contribution in [2.45, 2.75) is 18.1 Å². The minimum Gasteiger partial charge on any atom is -0.312 e. The minimum absolute atomic E-state index is 0.0367. The van der Waals surface area contributed by atoms with Gasteiger partial charge >= 0.3 is 6.18 Å². The highest BCUT2D eigenvalue weighted by Gasteiger charge is 2.33. The van der Waals surface area contributed by atoms with E-state index in [1.54, 1.807) is 37.4 Å². The van der Waals surface area contributed by atoms with Crippen LogP contribution in [0.15, 0.2) is 53.8 Å². The number of aryl methyl sites for hydroxylation is 1. The molecule has 4 heterocycles. The quantitative estimate of drug-likeness (QED) is 0.337. The number of imidazole rings is 1. The Labute approximate surface area is 201 Å². The van der Waals surface area contributed by atoms with E-state index in [0.29, 0.717) is 22.5 Å². The molecule has 1 aromatic carbocycles. The molecule has 8 nitrogen and oxygen atoms in total. The van der Waals surface area contributed by atoms with E-state index in [9.17, 15) is 21.6 Å². The summed E-state index contributed by atoms with van der Waals surface area (Å²) in [5.41, 5.74) is 0.667. The van der Waals surface area contributed by atoms with Crippen LogP contribution in [0, 0.1) is 0 Å². The van der Waals surface area contributed by atoms with Crippen molar-refractivity contribution in [3.05, 3.63) is 59.4 Å². The molecule has 5 aromatic rings. The average Bonchev–Trinajstić information content (AvgIpc) is 3.37. The summed E-state index contributed by atoms with van der Waals surface area (Å²) in [6.07, 6.45) is -2.39.